The first-order chi connectivity index (χ1) is 7.24. The third kappa shape index (κ3) is 1.62. The molecule has 78 valence electrons. The summed E-state index contributed by atoms with van der Waals surface area (Å²) >= 11 is 0. The van der Waals surface area contributed by atoms with Gasteiger partial charge in [-0.05, 0) is 30.0 Å². The molecule has 0 spiro atoms. The summed E-state index contributed by atoms with van der Waals surface area (Å²) < 4.78 is 0. The Kier molecular flexibility index (Phi) is 2.47. The molecule has 0 aliphatic carbocycles. The number of aromatic hydroxyl groups is 1. The number of phenols is 1. The molecule has 0 bridgehead atoms. The van der Waals surface area contributed by atoms with Gasteiger partial charge >= 0.3 is 0 Å². The van der Waals surface area contributed by atoms with E-state index < -0.39 is 0 Å². The SMILES string of the molecule is NCCc1cc2ccccc2c(O)c1N. The van der Waals surface area contributed by atoms with Crippen LogP contribution in [0.5, 0.6) is 5.75 Å². The van der Waals surface area contributed by atoms with Crippen LogP contribution in [0.15, 0.2) is 30.3 Å². The molecular formula is C12H14N2O. The van der Waals surface area contributed by atoms with Gasteiger partial charge in [0, 0.05) is 5.39 Å². The average Bonchev–Trinajstić information content (AvgIpc) is 2.26. The van der Waals surface area contributed by atoms with Gasteiger partial charge in [-0.15, -0.1) is 0 Å². The molecule has 2 rings (SSSR count). The Morgan fingerprint density at radius 1 is 1.20 bits per heavy atom. The molecule has 0 aliphatic rings. The third-order valence-electron chi connectivity index (χ3n) is 2.56. The van der Waals surface area contributed by atoms with Crippen LogP contribution in [0.25, 0.3) is 10.8 Å². The van der Waals surface area contributed by atoms with Gasteiger partial charge < -0.3 is 16.6 Å². The van der Waals surface area contributed by atoms with Crippen molar-refractivity contribution in [3.05, 3.63) is 35.9 Å². The van der Waals surface area contributed by atoms with Gasteiger partial charge in [-0.25, -0.2) is 0 Å². The summed E-state index contributed by atoms with van der Waals surface area (Å²) in [6.07, 6.45) is 0.685. The van der Waals surface area contributed by atoms with E-state index in [1.807, 2.05) is 30.3 Å². The normalized spacial score (nSPS) is 10.7. The number of hydrogen-bond donors (Lipinski definition) is 3. The number of rotatable bonds is 2. The van der Waals surface area contributed by atoms with Gasteiger partial charge in [0.1, 0.15) is 5.75 Å². The number of nitrogen functional groups attached to an aromatic ring is 1. The number of anilines is 1. The van der Waals surface area contributed by atoms with Crippen molar-refractivity contribution in [2.45, 2.75) is 6.42 Å². The highest BCUT2D eigenvalue weighted by Crippen LogP contribution is 2.33. The number of hydrogen-bond acceptors (Lipinski definition) is 3. The van der Waals surface area contributed by atoms with Gasteiger partial charge in [0.25, 0.3) is 0 Å². The van der Waals surface area contributed by atoms with Crippen LogP contribution in [0.2, 0.25) is 0 Å². The van der Waals surface area contributed by atoms with E-state index in [2.05, 4.69) is 0 Å². The Labute approximate surface area is 88.3 Å². The van der Waals surface area contributed by atoms with Gasteiger partial charge in [-0.2, -0.15) is 0 Å². The van der Waals surface area contributed by atoms with Crippen molar-refractivity contribution in [1.82, 2.24) is 0 Å². The van der Waals surface area contributed by atoms with E-state index in [-0.39, 0.29) is 5.75 Å². The second kappa shape index (κ2) is 3.79. The van der Waals surface area contributed by atoms with Crippen LogP contribution < -0.4 is 11.5 Å². The minimum Gasteiger partial charge on any atom is -0.505 e. The molecule has 0 aromatic heterocycles. The van der Waals surface area contributed by atoms with Crippen molar-refractivity contribution in [3.8, 4) is 5.75 Å². The molecule has 3 nitrogen and oxygen atoms in total. The molecule has 0 fully saturated rings. The molecule has 3 heteroatoms. The summed E-state index contributed by atoms with van der Waals surface area (Å²) in [6.45, 7) is 0.530. The summed E-state index contributed by atoms with van der Waals surface area (Å²) in [5.41, 5.74) is 12.7. The second-order valence-electron chi connectivity index (χ2n) is 3.56. The lowest BCUT2D eigenvalue weighted by atomic mass is 10.0. The predicted octanol–water partition coefficient (Wildman–Crippen LogP) is 1.63. The van der Waals surface area contributed by atoms with Crippen molar-refractivity contribution < 1.29 is 5.11 Å². The fourth-order valence-electron chi connectivity index (χ4n) is 1.76. The van der Waals surface area contributed by atoms with Crippen LogP contribution in [0.1, 0.15) is 5.56 Å². The maximum Gasteiger partial charge on any atom is 0.146 e. The molecule has 0 atom stereocenters. The minimum absolute atomic E-state index is 0.163. The molecule has 15 heavy (non-hydrogen) atoms. The highest BCUT2D eigenvalue weighted by atomic mass is 16.3. The van der Waals surface area contributed by atoms with Crippen LogP contribution in [0, 0.1) is 0 Å². The van der Waals surface area contributed by atoms with Crippen LogP contribution in [0.4, 0.5) is 5.69 Å². The number of benzene rings is 2. The molecule has 0 saturated heterocycles. The van der Waals surface area contributed by atoms with Crippen molar-refractivity contribution >= 4 is 16.5 Å². The molecule has 5 N–H and O–H groups in total. The molecule has 0 amide bonds. The Bertz CT molecular complexity index is 494. The second-order valence-corrected chi connectivity index (χ2v) is 3.56. The largest absolute Gasteiger partial charge is 0.505 e. The first kappa shape index (κ1) is 9.80. The molecule has 0 unspecified atom stereocenters. The quantitative estimate of drug-likeness (QED) is 0.512. The summed E-state index contributed by atoms with van der Waals surface area (Å²) in [4.78, 5) is 0. The maximum atomic E-state index is 9.90. The van der Waals surface area contributed by atoms with Crippen molar-refractivity contribution in [2.75, 3.05) is 12.3 Å². The highest BCUT2D eigenvalue weighted by Gasteiger charge is 2.08. The van der Waals surface area contributed by atoms with Crippen LogP contribution in [0.3, 0.4) is 0 Å². The Balaban J connectivity index is 2.71. The summed E-state index contributed by atoms with van der Waals surface area (Å²) in [5, 5.41) is 11.7. The van der Waals surface area contributed by atoms with Crippen LogP contribution >= 0.6 is 0 Å². The number of fused-ring (bicyclic) bond motifs is 1. The molecule has 0 heterocycles. The predicted molar refractivity (Wildman–Crippen MR) is 62.8 cm³/mol. The first-order valence-electron chi connectivity index (χ1n) is 4.93. The summed E-state index contributed by atoms with van der Waals surface area (Å²) in [7, 11) is 0. The van der Waals surface area contributed by atoms with Crippen molar-refractivity contribution in [2.24, 2.45) is 5.73 Å². The highest BCUT2D eigenvalue weighted by molar-refractivity contribution is 5.94. The number of phenolic OH excluding ortho intramolecular Hbond substituents is 1. The molecule has 2 aromatic rings. The maximum absolute atomic E-state index is 9.90. The Hall–Kier alpha value is -1.74. The smallest absolute Gasteiger partial charge is 0.146 e. The van der Waals surface area contributed by atoms with E-state index in [1.54, 1.807) is 0 Å². The van der Waals surface area contributed by atoms with E-state index in [1.165, 1.54) is 0 Å². The van der Waals surface area contributed by atoms with Crippen molar-refractivity contribution in [3.63, 3.8) is 0 Å². The van der Waals surface area contributed by atoms with Gasteiger partial charge in [0.05, 0.1) is 5.69 Å². The fourth-order valence-corrected chi connectivity index (χ4v) is 1.76. The summed E-state index contributed by atoms with van der Waals surface area (Å²) in [5.74, 6) is 0.163. The van der Waals surface area contributed by atoms with Crippen molar-refractivity contribution in [1.29, 1.82) is 0 Å². The van der Waals surface area contributed by atoms with Gasteiger partial charge in [-0.1, -0.05) is 24.3 Å². The van der Waals surface area contributed by atoms with E-state index in [0.29, 0.717) is 18.7 Å². The lowest BCUT2D eigenvalue weighted by Crippen LogP contribution is -2.05. The van der Waals surface area contributed by atoms with E-state index >= 15 is 0 Å². The van der Waals surface area contributed by atoms with Gasteiger partial charge in [0.2, 0.25) is 0 Å². The topological polar surface area (TPSA) is 72.3 Å². The molecule has 2 aromatic carbocycles. The number of nitrogens with two attached hydrogens (primary N) is 2. The van der Waals surface area contributed by atoms with Crippen LogP contribution in [-0.4, -0.2) is 11.7 Å². The molecule has 0 saturated carbocycles. The summed E-state index contributed by atoms with van der Waals surface area (Å²) in [6, 6.07) is 9.60. The first-order valence-corrected chi connectivity index (χ1v) is 4.93. The zero-order valence-electron chi connectivity index (χ0n) is 8.40. The zero-order valence-corrected chi connectivity index (χ0v) is 8.40. The third-order valence-corrected chi connectivity index (χ3v) is 2.56. The van der Waals surface area contributed by atoms with E-state index in [9.17, 15) is 5.11 Å². The fraction of sp³-hybridized carbons (Fsp3) is 0.167. The molecule has 0 radical (unpaired) electrons. The van der Waals surface area contributed by atoms with Gasteiger partial charge in [-0.3, -0.25) is 0 Å². The lowest BCUT2D eigenvalue weighted by molar-refractivity contribution is 0.483. The minimum atomic E-state index is 0.163. The van der Waals surface area contributed by atoms with E-state index in [4.69, 9.17) is 11.5 Å². The van der Waals surface area contributed by atoms with E-state index in [0.717, 1.165) is 16.3 Å². The monoisotopic (exact) mass is 202 g/mol. The van der Waals surface area contributed by atoms with Gasteiger partial charge in [0.15, 0.2) is 0 Å². The standard InChI is InChI=1S/C12H14N2O/c13-6-5-9-7-8-3-1-2-4-10(8)12(15)11(9)14/h1-4,7,15H,5-6,13-14H2. The molecular weight excluding hydrogens is 188 g/mol. The lowest BCUT2D eigenvalue weighted by Gasteiger charge is -2.09. The Morgan fingerprint density at radius 3 is 2.67 bits per heavy atom. The zero-order chi connectivity index (χ0) is 10.8. The molecule has 0 aliphatic heterocycles. The Morgan fingerprint density at radius 2 is 1.93 bits per heavy atom. The van der Waals surface area contributed by atoms with Crippen LogP contribution in [-0.2, 0) is 6.42 Å². The average molecular weight is 202 g/mol.